The van der Waals surface area contributed by atoms with Crippen molar-refractivity contribution in [3.05, 3.63) is 29.8 Å². The van der Waals surface area contributed by atoms with Crippen LogP contribution in [-0.2, 0) is 9.59 Å². The Morgan fingerprint density at radius 3 is 2.56 bits per heavy atom. The number of nitrogens with two attached hydrogens (primary N) is 1. The molecule has 27 heavy (non-hydrogen) atoms. The molecule has 2 atom stereocenters. The highest BCUT2D eigenvalue weighted by Crippen LogP contribution is 2.17. The second-order valence-electron chi connectivity index (χ2n) is 6.35. The fourth-order valence-corrected chi connectivity index (χ4v) is 2.65. The molecule has 0 aliphatic rings. The SMILES string of the molecule is CCC(C(=O)O)C(NC(=O)CNC(=O)c1cccc(N=CNN)c1)C(C)C. The van der Waals surface area contributed by atoms with E-state index in [2.05, 4.69) is 21.1 Å². The molecule has 0 aliphatic carbocycles. The number of carboxylic acid groups (broad SMARTS) is 1. The molecule has 0 fully saturated rings. The molecule has 0 saturated heterocycles. The van der Waals surface area contributed by atoms with E-state index in [1.165, 1.54) is 6.34 Å². The molecule has 0 heterocycles. The van der Waals surface area contributed by atoms with Gasteiger partial charge in [0, 0.05) is 11.6 Å². The van der Waals surface area contributed by atoms with Crippen molar-refractivity contribution in [3.8, 4) is 0 Å². The number of hydrazine groups is 1. The van der Waals surface area contributed by atoms with Gasteiger partial charge in [-0.05, 0) is 30.5 Å². The van der Waals surface area contributed by atoms with E-state index in [-0.39, 0.29) is 12.5 Å². The van der Waals surface area contributed by atoms with E-state index < -0.39 is 29.7 Å². The number of aliphatic imine (C=N–C) groups is 1. The summed E-state index contributed by atoms with van der Waals surface area (Å²) in [6.07, 6.45) is 1.68. The van der Waals surface area contributed by atoms with Crippen LogP contribution in [0.4, 0.5) is 5.69 Å². The molecule has 148 valence electrons. The summed E-state index contributed by atoms with van der Waals surface area (Å²) in [6.45, 7) is 5.20. The van der Waals surface area contributed by atoms with Crippen molar-refractivity contribution in [2.24, 2.45) is 22.7 Å². The van der Waals surface area contributed by atoms with E-state index in [4.69, 9.17) is 5.84 Å². The summed E-state index contributed by atoms with van der Waals surface area (Å²) in [5.41, 5.74) is 3.13. The molecule has 1 rings (SSSR count). The standard InChI is InChI=1S/C18H27N5O4/c1-4-14(18(26)27)16(11(2)3)23-15(24)9-20-17(25)12-6-5-7-13(8-12)21-10-22-19/h5-8,10-11,14,16H,4,9,19H2,1-3H3,(H,20,25)(H,21,22)(H,23,24)(H,26,27). The predicted molar refractivity (Wildman–Crippen MR) is 102 cm³/mol. The van der Waals surface area contributed by atoms with E-state index in [1.54, 1.807) is 31.2 Å². The second-order valence-corrected chi connectivity index (χ2v) is 6.35. The summed E-state index contributed by atoms with van der Waals surface area (Å²) in [7, 11) is 0. The average molecular weight is 377 g/mol. The molecule has 0 spiro atoms. The molecule has 9 nitrogen and oxygen atoms in total. The number of benzene rings is 1. The van der Waals surface area contributed by atoms with Crippen LogP contribution in [0.3, 0.4) is 0 Å². The van der Waals surface area contributed by atoms with Gasteiger partial charge in [0.2, 0.25) is 5.91 Å². The molecule has 0 bridgehead atoms. The van der Waals surface area contributed by atoms with E-state index >= 15 is 0 Å². The maximum Gasteiger partial charge on any atom is 0.308 e. The first-order valence-electron chi connectivity index (χ1n) is 8.69. The molecule has 1 aromatic carbocycles. The number of carbonyl (C=O) groups is 3. The lowest BCUT2D eigenvalue weighted by molar-refractivity contribution is -0.143. The van der Waals surface area contributed by atoms with Crippen LogP contribution >= 0.6 is 0 Å². The Hall–Kier alpha value is -2.94. The molecule has 2 amide bonds. The van der Waals surface area contributed by atoms with Crippen LogP contribution in [0.1, 0.15) is 37.6 Å². The highest BCUT2D eigenvalue weighted by molar-refractivity contribution is 5.97. The molecule has 0 radical (unpaired) electrons. The number of hydrogen-bond acceptors (Lipinski definition) is 5. The summed E-state index contributed by atoms with van der Waals surface area (Å²) in [5.74, 6) is 2.53. The highest BCUT2D eigenvalue weighted by Gasteiger charge is 2.30. The molecular weight excluding hydrogens is 350 g/mol. The Kier molecular flexibility index (Phi) is 8.94. The summed E-state index contributed by atoms with van der Waals surface area (Å²) < 4.78 is 0. The maximum atomic E-state index is 12.2. The fourth-order valence-electron chi connectivity index (χ4n) is 2.65. The van der Waals surface area contributed by atoms with Crippen LogP contribution in [0, 0.1) is 11.8 Å². The minimum Gasteiger partial charge on any atom is -0.481 e. The number of aliphatic carboxylic acids is 1. The normalized spacial score (nSPS) is 13.2. The smallest absolute Gasteiger partial charge is 0.308 e. The summed E-state index contributed by atoms with van der Waals surface area (Å²) in [5, 5.41) is 14.6. The number of nitrogens with zero attached hydrogens (tertiary/aromatic N) is 1. The Balaban J connectivity index is 2.68. The van der Waals surface area contributed by atoms with Crippen molar-refractivity contribution in [2.75, 3.05) is 6.54 Å². The van der Waals surface area contributed by atoms with Crippen molar-refractivity contribution < 1.29 is 19.5 Å². The lowest BCUT2D eigenvalue weighted by atomic mass is 9.88. The Labute approximate surface area is 158 Å². The molecule has 0 aliphatic heterocycles. The molecule has 0 saturated carbocycles. The maximum absolute atomic E-state index is 12.2. The van der Waals surface area contributed by atoms with Gasteiger partial charge in [-0.3, -0.25) is 14.4 Å². The van der Waals surface area contributed by atoms with Gasteiger partial charge in [0.1, 0.15) is 6.34 Å². The number of carbonyl (C=O) groups excluding carboxylic acids is 2. The first kappa shape index (κ1) is 22.1. The van der Waals surface area contributed by atoms with Gasteiger partial charge in [-0.1, -0.05) is 26.8 Å². The van der Waals surface area contributed by atoms with Crippen molar-refractivity contribution in [2.45, 2.75) is 33.2 Å². The van der Waals surface area contributed by atoms with Gasteiger partial charge < -0.3 is 21.2 Å². The Bertz CT molecular complexity index is 690. The van der Waals surface area contributed by atoms with Crippen LogP contribution in [0.2, 0.25) is 0 Å². The number of rotatable bonds is 10. The third-order valence-electron chi connectivity index (χ3n) is 4.04. The molecule has 9 heteroatoms. The molecule has 2 unspecified atom stereocenters. The number of hydrogen-bond donors (Lipinski definition) is 5. The van der Waals surface area contributed by atoms with Gasteiger partial charge in [-0.15, -0.1) is 0 Å². The second kappa shape index (κ2) is 10.9. The van der Waals surface area contributed by atoms with E-state index in [0.717, 1.165) is 0 Å². The molecular formula is C18H27N5O4. The van der Waals surface area contributed by atoms with Gasteiger partial charge in [-0.2, -0.15) is 0 Å². The highest BCUT2D eigenvalue weighted by atomic mass is 16.4. The van der Waals surface area contributed by atoms with E-state index in [0.29, 0.717) is 17.7 Å². The number of amides is 2. The van der Waals surface area contributed by atoms with Crippen LogP contribution in [0.15, 0.2) is 29.3 Å². The molecule has 0 aromatic heterocycles. The molecule has 1 aromatic rings. The van der Waals surface area contributed by atoms with E-state index in [9.17, 15) is 19.5 Å². The first-order valence-corrected chi connectivity index (χ1v) is 8.69. The zero-order valence-corrected chi connectivity index (χ0v) is 15.7. The topological polar surface area (TPSA) is 146 Å². The van der Waals surface area contributed by atoms with E-state index in [1.807, 2.05) is 13.8 Å². The van der Waals surface area contributed by atoms with Gasteiger partial charge >= 0.3 is 5.97 Å². The number of carboxylic acids is 1. The van der Waals surface area contributed by atoms with Crippen molar-refractivity contribution in [3.63, 3.8) is 0 Å². The predicted octanol–water partition coefficient (Wildman–Crippen LogP) is 0.791. The van der Waals surface area contributed by atoms with Crippen molar-refractivity contribution >= 4 is 29.8 Å². The summed E-state index contributed by atoms with van der Waals surface area (Å²) in [6, 6.07) is 5.98. The summed E-state index contributed by atoms with van der Waals surface area (Å²) in [4.78, 5) is 39.8. The first-order chi connectivity index (χ1) is 12.8. The quantitative estimate of drug-likeness (QED) is 0.176. The monoisotopic (exact) mass is 377 g/mol. The summed E-state index contributed by atoms with van der Waals surface area (Å²) >= 11 is 0. The minimum absolute atomic E-state index is 0.0589. The van der Waals surface area contributed by atoms with Crippen LogP contribution in [0.25, 0.3) is 0 Å². The van der Waals surface area contributed by atoms with Gasteiger partial charge in [-0.25, -0.2) is 10.8 Å². The zero-order valence-electron chi connectivity index (χ0n) is 15.7. The number of nitrogens with one attached hydrogen (secondary N) is 3. The largest absolute Gasteiger partial charge is 0.481 e. The Morgan fingerprint density at radius 2 is 2.00 bits per heavy atom. The fraction of sp³-hybridized carbons (Fsp3) is 0.444. The Morgan fingerprint density at radius 1 is 1.30 bits per heavy atom. The van der Waals surface area contributed by atoms with Crippen LogP contribution in [0.5, 0.6) is 0 Å². The lowest BCUT2D eigenvalue weighted by Crippen LogP contribution is -2.49. The van der Waals surface area contributed by atoms with Crippen molar-refractivity contribution in [1.29, 1.82) is 0 Å². The van der Waals surface area contributed by atoms with Crippen LogP contribution < -0.4 is 21.9 Å². The van der Waals surface area contributed by atoms with Crippen molar-refractivity contribution in [1.82, 2.24) is 16.1 Å². The third kappa shape index (κ3) is 7.06. The lowest BCUT2D eigenvalue weighted by Gasteiger charge is -2.27. The molecule has 6 N–H and O–H groups in total. The van der Waals surface area contributed by atoms with Gasteiger partial charge in [0.15, 0.2) is 0 Å². The minimum atomic E-state index is -0.954. The van der Waals surface area contributed by atoms with Gasteiger partial charge in [0.05, 0.1) is 18.2 Å². The third-order valence-corrected chi connectivity index (χ3v) is 4.04. The van der Waals surface area contributed by atoms with Gasteiger partial charge in [0.25, 0.3) is 5.91 Å². The van der Waals surface area contributed by atoms with Crippen LogP contribution in [-0.4, -0.2) is 41.8 Å². The zero-order chi connectivity index (χ0) is 20.4. The average Bonchev–Trinajstić information content (AvgIpc) is 2.64.